The Bertz CT molecular complexity index is 745. The Labute approximate surface area is 160 Å². The molecular weight excluding hydrogens is 439 g/mol. The van der Waals surface area contributed by atoms with Crippen molar-refractivity contribution in [2.75, 3.05) is 13.1 Å². The highest BCUT2D eigenvalue weighted by molar-refractivity contribution is 14.1. The molecule has 1 aliphatic rings. The van der Waals surface area contributed by atoms with E-state index in [2.05, 4.69) is 27.6 Å². The summed E-state index contributed by atoms with van der Waals surface area (Å²) >= 11 is 8.47. The molecule has 0 spiro atoms. The molecule has 0 unspecified atom stereocenters. The van der Waals surface area contributed by atoms with E-state index >= 15 is 0 Å². The average molecular weight is 459 g/mol. The Kier molecular flexibility index (Phi) is 5.81. The standard InChI is InChI=1S/C18H20ClIN2O2/c1-12(18(23)22-9-4-2-3-5-10-22)24-17-15(20)11-14(19)13-7-6-8-21-16(13)17/h6-8,11-12H,2-5,9-10H2,1H3/t12-/m0/s1. The van der Waals surface area contributed by atoms with Gasteiger partial charge in [-0.25, -0.2) is 0 Å². The van der Waals surface area contributed by atoms with E-state index in [1.807, 2.05) is 30.0 Å². The average Bonchev–Trinajstić information content (AvgIpc) is 2.87. The Balaban J connectivity index is 1.85. The number of fused-ring (bicyclic) bond motifs is 1. The maximum atomic E-state index is 12.7. The van der Waals surface area contributed by atoms with E-state index in [1.165, 1.54) is 12.8 Å². The van der Waals surface area contributed by atoms with Gasteiger partial charge in [0.2, 0.25) is 0 Å². The van der Waals surface area contributed by atoms with Gasteiger partial charge in [-0.05, 0) is 60.6 Å². The maximum Gasteiger partial charge on any atom is 0.263 e. The molecule has 1 fully saturated rings. The zero-order valence-corrected chi connectivity index (χ0v) is 16.5. The molecule has 6 heteroatoms. The molecule has 2 heterocycles. The molecule has 1 saturated heterocycles. The minimum atomic E-state index is -0.539. The molecule has 4 nitrogen and oxygen atoms in total. The first-order chi connectivity index (χ1) is 11.6. The molecule has 0 bridgehead atoms. The van der Waals surface area contributed by atoms with Crippen molar-refractivity contribution in [3.8, 4) is 5.75 Å². The molecule has 3 rings (SSSR count). The summed E-state index contributed by atoms with van der Waals surface area (Å²) in [5.41, 5.74) is 0.699. The van der Waals surface area contributed by atoms with E-state index in [0.717, 1.165) is 34.9 Å². The van der Waals surface area contributed by atoms with Crippen molar-refractivity contribution < 1.29 is 9.53 Å². The molecule has 1 atom stereocenters. The third kappa shape index (κ3) is 3.77. The van der Waals surface area contributed by atoms with Gasteiger partial charge in [-0.15, -0.1) is 0 Å². The second kappa shape index (κ2) is 7.87. The molecule has 128 valence electrons. The molecule has 0 radical (unpaired) electrons. The number of halogens is 2. The summed E-state index contributed by atoms with van der Waals surface area (Å²) in [6, 6.07) is 5.61. The van der Waals surface area contributed by atoms with Crippen LogP contribution in [0, 0.1) is 3.57 Å². The third-order valence-electron chi connectivity index (χ3n) is 4.31. The van der Waals surface area contributed by atoms with Crippen molar-refractivity contribution in [2.45, 2.75) is 38.7 Å². The van der Waals surface area contributed by atoms with Crippen molar-refractivity contribution in [2.24, 2.45) is 0 Å². The smallest absolute Gasteiger partial charge is 0.263 e. The second-order valence-electron chi connectivity index (χ2n) is 6.07. The number of ether oxygens (including phenoxy) is 1. The number of carbonyl (C=O) groups excluding carboxylic acids is 1. The minimum absolute atomic E-state index is 0.0479. The zero-order chi connectivity index (χ0) is 17.1. The number of pyridine rings is 1. The lowest BCUT2D eigenvalue weighted by molar-refractivity contribution is -0.137. The van der Waals surface area contributed by atoms with Gasteiger partial charge >= 0.3 is 0 Å². The van der Waals surface area contributed by atoms with Gasteiger partial charge in [0.05, 0.1) is 8.59 Å². The van der Waals surface area contributed by atoms with E-state index in [9.17, 15) is 4.79 Å². The highest BCUT2D eigenvalue weighted by atomic mass is 127. The van der Waals surface area contributed by atoms with E-state index in [4.69, 9.17) is 16.3 Å². The number of likely N-dealkylation sites (tertiary alicyclic amines) is 1. The second-order valence-corrected chi connectivity index (χ2v) is 7.64. The van der Waals surface area contributed by atoms with Gasteiger partial charge in [0.25, 0.3) is 5.91 Å². The molecule has 0 aliphatic carbocycles. The van der Waals surface area contributed by atoms with E-state index in [-0.39, 0.29) is 5.91 Å². The summed E-state index contributed by atoms with van der Waals surface area (Å²) in [6.45, 7) is 3.46. The highest BCUT2D eigenvalue weighted by Gasteiger charge is 2.24. The van der Waals surface area contributed by atoms with Crippen molar-refractivity contribution in [3.05, 3.63) is 33.0 Å². The zero-order valence-electron chi connectivity index (χ0n) is 13.6. The van der Waals surface area contributed by atoms with Crippen LogP contribution >= 0.6 is 34.2 Å². The van der Waals surface area contributed by atoms with Gasteiger partial charge in [-0.2, -0.15) is 0 Å². The highest BCUT2D eigenvalue weighted by Crippen LogP contribution is 2.35. The van der Waals surface area contributed by atoms with Crippen LogP contribution in [-0.2, 0) is 4.79 Å². The monoisotopic (exact) mass is 458 g/mol. The van der Waals surface area contributed by atoms with Gasteiger partial charge in [-0.3, -0.25) is 9.78 Å². The van der Waals surface area contributed by atoms with Crippen LogP contribution in [0.4, 0.5) is 0 Å². The SMILES string of the molecule is C[C@H](Oc1c(I)cc(Cl)c2cccnc12)C(=O)N1CCCCCC1. The third-order valence-corrected chi connectivity index (χ3v) is 5.42. The fourth-order valence-corrected chi connectivity index (χ4v) is 4.17. The number of hydrogen-bond acceptors (Lipinski definition) is 3. The van der Waals surface area contributed by atoms with Crippen molar-refractivity contribution >= 4 is 51.0 Å². The van der Waals surface area contributed by atoms with E-state index in [0.29, 0.717) is 16.3 Å². The molecular formula is C18H20ClIN2O2. The normalized spacial score (nSPS) is 16.7. The number of hydrogen-bond donors (Lipinski definition) is 0. The fraction of sp³-hybridized carbons (Fsp3) is 0.444. The number of rotatable bonds is 3. The van der Waals surface area contributed by atoms with E-state index < -0.39 is 6.10 Å². The van der Waals surface area contributed by atoms with Gasteiger partial charge < -0.3 is 9.64 Å². The molecule has 1 aromatic heterocycles. The summed E-state index contributed by atoms with van der Waals surface area (Å²) in [5.74, 6) is 0.679. The van der Waals surface area contributed by atoms with Crippen LogP contribution in [0.1, 0.15) is 32.6 Å². The van der Waals surface area contributed by atoms with Crippen LogP contribution < -0.4 is 4.74 Å². The number of carbonyl (C=O) groups is 1. The first kappa shape index (κ1) is 17.7. The maximum absolute atomic E-state index is 12.7. The van der Waals surface area contributed by atoms with Crippen molar-refractivity contribution in [3.63, 3.8) is 0 Å². The molecule has 0 N–H and O–H groups in total. The Hall–Kier alpha value is -1.08. The number of aromatic nitrogens is 1. The summed E-state index contributed by atoms with van der Waals surface area (Å²) in [7, 11) is 0. The topological polar surface area (TPSA) is 42.4 Å². The largest absolute Gasteiger partial charge is 0.477 e. The van der Waals surface area contributed by atoms with Crippen molar-refractivity contribution in [1.29, 1.82) is 0 Å². The van der Waals surface area contributed by atoms with Crippen LogP contribution in [-0.4, -0.2) is 35.0 Å². The summed E-state index contributed by atoms with van der Waals surface area (Å²) in [5, 5.41) is 1.48. The van der Waals surface area contributed by atoms with Gasteiger partial charge in [0, 0.05) is 24.7 Å². The van der Waals surface area contributed by atoms with Gasteiger partial charge in [0.15, 0.2) is 11.9 Å². The van der Waals surface area contributed by atoms with Crippen LogP contribution in [0.3, 0.4) is 0 Å². The first-order valence-corrected chi connectivity index (χ1v) is 9.72. The Morgan fingerprint density at radius 2 is 2.04 bits per heavy atom. The van der Waals surface area contributed by atoms with E-state index in [1.54, 1.807) is 6.20 Å². The first-order valence-electron chi connectivity index (χ1n) is 8.26. The number of benzene rings is 1. The molecule has 1 aliphatic heterocycles. The Morgan fingerprint density at radius 1 is 1.33 bits per heavy atom. The van der Waals surface area contributed by atoms with Crippen LogP contribution in [0.5, 0.6) is 5.75 Å². The lowest BCUT2D eigenvalue weighted by Gasteiger charge is -2.25. The minimum Gasteiger partial charge on any atom is -0.477 e. The van der Waals surface area contributed by atoms with Crippen LogP contribution in [0.2, 0.25) is 5.02 Å². The van der Waals surface area contributed by atoms with Crippen molar-refractivity contribution in [1.82, 2.24) is 9.88 Å². The Morgan fingerprint density at radius 3 is 2.75 bits per heavy atom. The summed E-state index contributed by atoms with van der Waals surface area (Å²) < 4.78 is 6.91. The fourth-order valence-electron chi connectivity index (χ4n) is 3.03. The van der Waals surface area contributed by atoms with Crippen LogP contribution in [0.15, 0.2) is 24.4 Å². The molecule has 1 amide bonds. The number of nitrogens with zero attached hydrogens (tertiary/aromatic N) is 2. The lowest BCUT2D eigenvalue weighted by Crippen LogP contribution is -2.41. The van der Waals surface area contributed by atoms with Gasteiger partial charge in [-0.1, -0.05) is 24.4 Å². The molecule has 24 heavy (non-hydrogen) atoms. The predicted molar refractivity (Wildman–Crippen MR) is 105 cm³/mol. The lowest BCUT2D eigenvalue weighted by atomic mass is 10.2. The quantitative estimate of drug-likeness (QED) is 0.628. The molecule has 0 saturated carbocycles. The van der Waals surface area contributed by atoms with Crippen LogP contribution in [0.25, 0.3) is 10.9 Å². The molecule has 1 aromatic carbocycles. The summed E-state index contributed by atoms with van der Waals surface area (Å²) in [6.07, 6.45) is 5.71. The van der Waals surface area contributed by atoms with Gasteiger partial charge in [0.1, 0.15) is 5.52 Å². The number of amides is 1. The molecule has 2 aromatic rings. The summed E-state index contributed by atoms with van der Waals surface area (Å²) in [4.78, 5) is 19.1. The predicted octanol–water partition coefficient (Wildman–Crippen LogP) is 4.66.